The first-order valence-corrected chi connectivity index (χ1v) is 3.79. The molecular formula is C8H14NO. The van der Waals surface area contributed by atoms with Gasteiger partial charge in [0.25, 0.3) is 0 Å². The van der Waals surface area contributed by atoms with Crippen LogP contribution in [0.3, 0.4) is 0 Å². The summed E-state index contributed by atoms with van der Waals surface area (Å²) < 4.78 is 5.37. The molecule has 2 nitrogen and oxygen atoms in total. The van der Waals surface area contributed by atoms with Gasteiger partial charge in [-0.2, -0.15) is 0 Å². The number of rotatable bonds is 4. The summed E-state index contributed by atoms with van der Waals surface area (Å²) in [6.45, 7) is 6.13. The van der Waals surface area contributed by atoms with Crippen LogP contribution in [-0.2, 0) is 4.74 Å². The smallest absolute Gasteiger partial charge is 0.0717 e. The fourth-order valence-corrected chi connectivity index (χ4v) is 1.10. The topological polar surface area (TPSA) is 23.3 Å². The first-order valence-electron chi connectivity index (χ1n) is 3.79. The zero-order chi connectivity index (χ0) is 7.23. The van der Waals surface area contributed by atoms with Crippen molar-refractivity contribution in [2.75, 3.05) is 19.7 Å². The highest BCUT2D eigenvalue weighted by molar-refractivity contribution is 4.73. The zero-order valence-corrected chi connectivity index (χ0v) is 6.25. The summed E-state index contributed by atoms with van der Waals surface area (Å²) in [5.41, 5.74) is 0. The number of hydrogen-bond acceptors (Lipinski definition) is 1. The summed E-state index contributed by atoms with van der Waals surface area (Å²) in [4.78, 5) is 0. The van der Waals surface area contributed by atoms with E-state index in [-0.39, 0.29) is 0 Å². The van der Waals surface area contributed by atoms with Gasteiger partial charge in [-0.15, -0.1) is 6.58 Å². The summed E-state index contributed by atoms with van der Waals surface area (Å²) in [7, 11) is 0. The number of nitrogens with zero attached hydrogens (tertiary/aromatic N) is 1. The van der Waals surface area contributed by atoms with Crippen LogP contribution in [0.5, 0.6) is 0 Å². The maximum atomic E-state index is 5.37. The van der Waals surface area contributed by atoms with Crippen molar-refractivity contribution in [3.8, 4) is 0 Å². The first-order chi connectivity index (χ1) is 4.93. The van der Waals surface area contributed by atoms with Crippen LogP contribution in [0.4, 0.5) is 0 Å². The molecule has 1 fully saturated rings. The van der Waals surface area contributed by atoms with Crippen LogP contribution in [0.2, 0.25) is 0 Å². The summed E-state index contributed by atoms with van der Waals surface area (Å²) in [5, 5.41) is 4.23. The Morgan fingerprint density at radius 3 is 3.20 bits per heavy atom. The molecular weight excluding hydrogens is 126 g/mol. The van der Waals surface area contributed by atoms with E-state index in [1.165, 1.54) is 12.8 Å². The Hall–Kier alpha value is -0.340. The van der Waals surface area contributed by atoms with Crippen LogP contribution in [0.25, 0.3) is 0 Å². The molecule has 2 heteroatoms. The molecule has 0 aromatic carbocycles. The zero-order valence-electron chi connectivity index (χ0n) is 6.25. The molecule has 0 spiro atoms. The molecule has 1 rings (SSSR count). The van der Waals surface area contributed by atoms with Crippen LogP contribution in [0.1, 0.15) is 12.8 Å². The Kier molecular flexibility index (Phi) is 3.47. The molecule has 0 aromatic rings. The van der Waals surface area contributed by atoms with E-state index in [0.717, 1.165) is 19.7 Å². The van der Waals surface area contributed by atoms with E-state index in [1.807, 2.05) is 6.08 Å². The van der Waals surface area contributed by atoms with E-state index in [0.29, 0.717) is 6.10 Å². The minimum atomic E-state index is 0.403. The third-order valence-corrected chi connectivity index (χ3v) is 1.61. The van der Waals surface area contributed by atoms with Crippen LogP contribution in [0, 0.1) is 0 Å². The van der Waals surface area contributed by atoms with E-state index in [9.17, 15) is 0 Å². The standard InChI is InChI=1S/C8H14NO/c1-2-5-9-7-8-4-3-6-10-8/h2,8H,1,3-7H2. The SMILES string of the molecule is C=CC[N]CC1CCCO1. The van der Waals surface area contributed by atoms with E-state index in [2.05, 4.69) is 11.9 Å². The summed E-state index contributed by atoms with van der Waals surface area (Å²) in [5.74, 6) is 0. The van der Waals surface area contributed by atoms with Crippen molar-refractivity contribution in [2.45, 2.75) is 18.9 Å². The minimum absolute atomic E-state index is 0.403. The van der Waals surface area contributed by atoms with E-state index >= 15 is 0 Å². The van der Waals surface area contributed by atoms with Crippen LogP contribution >= 0.6 is 0 Å². The molecule has 0 aromatic heterocycles. The van der Waals surface area contributed by atoms with Crippen LogP contribution in [0.15, 0.2) is 12.7 Å². The van der Waals surface area contributed by atoms with Gasteiger partial charge in [0.1, 0.15) is 0 Å². The quantitative estimate of drug-likeness (QED) is 0.421. The lowest BCUT2D eigenvalue weighted by Gasteiger charge is -2.06. The molecule has 1 radical (unpaired) electrons. The first kappa shape index (κ1) is 7.76. The monoisotopic (exact) mass is 140 g/mol. The Morgan fingerprint density at radius 2 is 2.60 bits per heavy atom. The minimum Gasteiger partial charge on any atom is -0.377 e. The second kappa shape index (κ2) is 4.47. The highest BCUT2D eigenvalue weighted by Gasteiger charge is 2.14. The molecule has 1 atom stereocenters. The maximum Gasteiger partial charge on any atom is 0.0717 e. The van der Waals surface area contributed by atoms with Crippen LogP contribution < -0.4 is 5.32 Å². The van der Waals surface area contributed by atoms with Crippen molar-refractivity contribution in [3.05, 3.63) is 12.7 Å². The predicted octanol–water partition coefficient (Wildman–Crippen LogP) is 0.956. The van der Waals surface area contributed by atoms with Crippen molar-refractivity contribution in [2.24, 2.45) is 0 Å². The maximum absolute atomic E-state index is 5.37. The fourth-order valence-electron chi connectivity index (χ4n) is 1.10. The Bertz CT molecular complexity index is 97.4. The average molecular weight is 140 g/mol. The van der Waals surface area contributed by atoms with Gasteiger partial charge < -0.3 is 4.74 Å². The van der Waals surface area contributed by atoms with Gasteiger partial charge in [-0.05, 0) is 12.8 Å². The van der Waals surface area contributed by atoms with E-state index < -0.39 is 0 Å². The largest absolute Gasteiger partial charge is 0.377 e. The molecule has 1 aliphatic heterocycles. The molecule has 1 aliphatic rings. The van der Waals surface area contributed by atoms with Crippen molar-refractivity contribution in [3.63, 3.8) is 0 Å². The van der Waals surface area contributed by atoms with Gasteiger partial charge in [-0.1, -0.05) is 6.08 Å². The van der Waals surface area contributed by atoms with E-state index in [4.69, 9.17) is 4.74 Å². The molecule has 0 N–H and O–H groups in total. The molecule has 0 aliphatic carbocycles. The van der Waals surface area contributed by atoms with Crippen molar-refractivity contribution in [1.29, 1.82) is 0 Å². The normalized spacial score (nSPS) is 25.0. The predicted molar refractivity (Wildman–Crippen MR) is 41.0 cm³/mol. The Labute approximate surface area is 62.3 Å². The molecule has 0 saturated carbocycles. The van der Waals surface area contributed by atoms with Crippen LogP contribution in [-0.4, -0.2) is 25.8 Å². The van der Waals surface area contributed by atoms with Gasteiger partial charge in [0.15, 0.2) is 0 Å². The Morgan fingerprint density at radius 1 is 1.70 bits per heavy atom. The summed E-state index contributed by atoms with van der Waals surface area (Å²) >= 11 is 0. The molecule has 0 amide bonds. The highest BCUT2D eigenvalue weighted by Crippen LogP contribution is 2.10. The number of hydrogen-bond donors (Lipinski definition) is 0. The molecule has 1 heterocycles. The molecule has 10 heavy (non-hydrogen) atoms. The van der Waals surface area contributed by atoms with Crippen molar-refractivity contribution < 1.29 is 4.74 Å². The average Bonchev–Trinajstić information content (AvgIpc) is 2.41. The summed E-state index contributed by atoms with van der Waals surface area (Å²) in [6, 6.07) is 0. The fraction of sp³-hybridized carbons (Fsp3) is 0.750. The second-order valence-corrected chi connectivity index (χ2v) is 2.51. The van der Waals surface area contributed by atoms with E-state index in [1.54, 1.807) is 0 Å². The third-order valence-electron chi connectivity index (χ3n) is 1.61. The number of ether oxygens (including phenoxy) is 1. The van der Waals surface area contributed by atoms with Gasteiger partial charge in [-0.3, -0.25) is 0 Å². The third kappa shape index (κ3) is 2.50. The highest BCUT2D eigenvalue weighted by atomic mass is 16.5. The molecule has 1 unspecified atom stereocenters. The van der Waals surface area contributed by atoms with Gasteiger partial charge in [0.2, 0.25) is 0 Å². The van der Waals surface area contributed by atoms with Crippen molar-refractivity contribution in [1.82, 2.24) is 5.32 Å². The lowest BCUT2D eigenvalue weighted by atomic mass is 10.2. The van der Waals surface area contributed by atoms with Gasteiger partial charge >= 0.3 is 0 Å². The molecule has 1 saturated heterocycles. The lowest BCUT2D eigenvalue weighted by Crippen LogP contribution is -2.20. The molecule has 0 bridgehead atoms. The Balaban J connectivity index is 1.96. The van der Waals surface area contributed by atoms with Gasteiger partial charge in [0, 0.05) is 19.7 Å². The van der Waals surface area contributed by atoms with Gasteiger partial charge in [-0.25, -0.2) is 5.32 Å². The summed E-state index contributed by atoms with van der Waals surface area (Å²) in [6.07, 6.45) is 4.60. The van der Waals surface area contributed by atoms with Crippen molar-refractivity contribution >= 4 is 0 Å². The van der Waals surface area contributed by atoms with Gasteiger partial charge in [0.05, 0.1) is 6.10 Å². The second-order valence-electron chi connectivity index (χ2n) is 2.51. The lowest BCUT2D eigenvalue weighted by molar-refractivity contribution is 0.110. The molecule has 57 valence electrons.